The smallest absolute Gasteiger partial charge is 0.261 e. The highest BCUT2D eigenvalue weighted by atomic mass is 32.1. The van der Waals surface area contributed by atoms with Gasteiger partial charge in [0.2, 0.25) is 0 Å². The monoisotopic (exact) mass is 423 g/mol. The van der Waals surface area contributed by atoms with E-state index < -0.39 is 0 Å². The number of carbonyl (C=O) groups excluding carboxylic acids is 2. The first kappa shape index (κ1) is 20.4. The van der Waals surface area contributed by atoms with E-state index in [1.54, 1.807) is 24.5 Å². The van der Waals surface area contributed by atoms with E-state index in [4.69, 9.17) is 4.42 Å². The van der Waals surface area contributed by atoms with Crippen molar-refractivity contribution in [1.82, 2.24) is 15.5 Å². The van der Waals surface area contributed by atoms with Gasteiger partial charge in [0.05, 0.1) is 17.2 Å². The Morgan fingerprint density at radius 2 is 1.80 bits per heavy atom. The van der Waals surface area contributed by atoms with E-state index in [9.17, 15) is 9.59 Å². The minimum Gasteiger partial charge on any atom is -0.468 e. The van der Waals surface area contributed by atoms with Crippen LogP contribution in [0, 0.1) is 0 Å². The van der Waals surface area contributed by atoms with Crippen molar-refractivity contribution in [1.29, 1.82) is 0 Å². The van der Waals surface area contributed by atoms with Gasteiger partial charge >= 0.3 is 0 Å². The molecular weight excluding hydrogens is 398 g/mol. The third kappa shape index (κ3) is 4.98. The second-order valence-corrected chi connectivity index (χ2v) is 8.29. The van der Waals surface area contributed by atoms with Gasteiger partial charge in [0.15, 0.2) is 0 Å². The predicted octanol–water partition coefficient (Wildman–Crippen LogP) is 3.84. The molecule has 30 heavy (non-hydrogen) atoms. The molecule has 0 saturated carbocycles. The Hall–Kier alpha value is -2.90. The first-order chi connectivity index (χ1) is 14.7. The molecule has 1 fully saturated rings. The molecule has 7 heteroatoms. The van der Waals surface area contributed by atoms with E-state index in [-0.39, 0.29) is 17.9 Å². The summed E-state index contributed by atoms with van der Waals surface area (Å²) in [6.07, 6.45) is 4.03. The fraction of sp³-hybridized carbons (Fsp3) is 0.304. The molecule has 2 aromatic heterocycles. The number of likely N-dealkylation sites (tertiary alicyclic amines) is 1. The lowest BCUT2D eigenvalue weighted by Gasteiger charge is -2.26. The van der Waals surface area contributed by atoms with Crippen molar-refractivity contribution >= 4 is 23.2 Å². The van der Waals surface area contributed by atoms with Crippen molar-refractivity contribution in [2.24, 2.45) is 0 Å². The molecular formula is C23H25N3O3S. The molecule has 0 radical (unpaired) electrons. The zero-order valence-corrected chi connectivity index (χ0v) is 17.5. The molecule has 1 atom stereocenters. The van der Waals surface area contributed by atoms with Crippen LogP contribution in [0.25, 0.3) is 0 Å². The molecule has 4 rings (SSSR count). The molecule has 1 unspecified atom stereocenters. The number of hydrogen-bond donors (Lipinski definition) is 2. The number of hydrogen-bond acceptors (Lipinski definition) is 5. The van der Waals surface area contributed by atoms with Gasteiger partial charge in [0.25, 0.3) is 11.8 Å². The van der Waals surface area contributed by atoms with Crippen molar-refractivity contribution in [2.75, 3.05) is 19.6 Å². The van der Waals surface area contributed by atoms with E-state index in [2.05, 4.69) is 15.5 Å². The summed E-state index contributed by atoms with van der Waals surface area (Å²) in [6, 6.07) is 14.9. The largest absolute Gasteiger partial charge is 0.468 e. The molecule has 0 aliphatic carbocycles. The van der Waals surface area contributed by atoms with Gasteiger partial charge in [-0.25, -0.2) is 0 Å². The van der Waals surface area contributed by atoms with Gasteiger partial charge in [-0.3, -0.25) is 14.5 Å². The molecule has 0 spiro atoms. The van der Waals surface area contributed by atoms with Crippen LogP contribution in [0.15, 0.2) is 64.6 Å². The van der Waals surface area contributed by atoms with Crippen molar-refractivity contribution in [3.05, 3.63) is 81.9 Å². The molecule has 6 nitrogen and oxygen atoms in total. The number of nitrogens with one attached hydrogen (secondary N) is 2. The van der Waals surface area contributed by atoms with Crippen LogP contribution in [0.5, 0.6) is 0 Å². The summed E-state index contributed by atoms with van der Waals surface area (Å²) in [5.41, 5.74) is 1.55. The third-order valence-corrected chi connectivity index (χ3v) is 6.19. The number of thiophene rings is 1. The molecule has 1 aliphatic rings. The van der Waals surface area contributed by atoms with Crippen LogP contribution < -0.4 is 10.6 Å². The predicted molar refractivity (Wildman–Crippen MR) is 117 cm³/mol. The van der Waals surface area contributed by atoms with E-state index in [0.717, 1.165) is 24.4 Å². The SMILES string of the molecule is O=C(NCC(c1ccco1)N1CCCC1)c1ccc(CNC(=O)c2cccs2)cc1. The van der Waals surface area contributed by atoms with Crippen LogP contribution in [0.4, 0.5) is 0 Å². The summed E-state index contributed by atoms with van der Waals surface area (Å²) < 4.78 is 5.61. The third-order valence-electron chi connectivity index (χ3n) is 5.32. The van der Waals surface area contributed by atoms with E-state index in [1.165, 1.54) is 24.2 Å². The highest BCUT2D eigenvalue weighted by Gasteiger charge is 2.26. The zero-order valence-electron chi connectivity index (χ0n) is 16.7. The van der Waals surface area contributed by atoms with E-state index in [1.807, 2.05) is 35.7 Å². The minimum absolute atomic E-state index is 0.0539. The maximum Gasteiger partial charge on any atom is 0.261 e. The van der Waals surface area contributed by atoms with Gasteiger partial charge in [0.1, 0.15) is 5.76 Å². The van der Waals surface area contributed by atoms with Crippen LogP contribution >= 0.6 is 11.3 Å². The summed E-state index contributed by atoms with van der Waals surface area (Å²) in [7, 11) is 0. The quantitative estimate of drug-likeness (QED) is 0.577. The maximum absolute atomic E-state index is 12.6. The molecule has 3 aromatic rings. The van der Waals surface area contributed by atoms with Crippen molar-refractivity contribution in [3.8, 4) is 0 Å². The van der Waals surface area contributed by atoms with Crippen molar-refractivity contribution in [3.63, 3.8) is 0 Å². The zero-order chi connectivity index (χ0) is 20.8. The average molecular weight is 424 g/mol. The average Bonchev–Trinajstić information content (AvgIpc) is 3.56. The standard InChI is InChI=1S/C23H25N3O3S/c27-22(25-16-19(20-5-3-13-29-20)26-11-1-2-12-26)18-9-7-17(8-10-18)15-24-23(28)21-6-4-14-30-21/h3-10,13-14,19H,1-2,11-12,15-16H2,(H,24,28)(H,25,27). The number of benzene rings is 1. The topological polar surface area (TPSA) is 74.6 Å². The lowest BCUT2D eigenvalue weighted by atomic mass is 10.1. The molecule has 156 valence electrons. The van der Waals surface area contributed by atoms with Gasteiger partial charge in [-0.05, 0) is 67.2 Å². The second-order valence-electron chi connectivity index (χ2n) is 7.34. The first-order valence-electron chi connectivity index (χ1n) is 10.2. The minimum atomic E-state index is -0.111. The molecule has 2 amide bonds. The Labute approximate surface area is 179 Å². The van der Waals surface area contributed by atoms with E-state index in [0.29, 0.717) is 23.5 Å². The van der Waals surface area contributed by atoms with Crippen molar-refractivity contribution in [2.45, 2.75) is 25.4 Å². The van der Waals surface area contributed by atoms with Gasteiger partial charge < -0.3 is 15.1 Å². The van der Waals surface area contributed by atoms with Crippen LogP contribution in [-0.4, -0.2) is 36.3 Å². The Morgan fingerprint density at radius 3 is 2.47 bits per heavy atom. The fourth-order valence-electron chi connectivity index (χ4n) is 3.69. The summed E-state index contributed by atoms with van der Waals surface area (Å²) in [5.74, 6) is 0.687. The molecule has 3 heterocycles. The summed E-state index contributed by atoms with van der Waals surface area (Å²) in [4.78, 5) is 27.7. The van der Waals surface area contributed by atoms with Crippen molar-refractivity contribution < 1.29 is 14.0 Å². The van der Waals surface area contributed by atoms with E-state index >= 15 is 0 Å². The van der Waals surface area contributed by atoms with Crippen LogP contribution in [0.3, 0.4) is 0 Å². The Bertz CT molecular complexity index is 946. The number of nitrogens with zero attached hydrogens (tertiary/aromatic N) is 1. The summed E-state index contributed by atoms with van der Waals surface area (Å²) in [5, 5.41) is 7.81. The summed E-state index contributed by atoms with van der Waals surface area (Å²) >= 11 is 1.41. The number of furan rings is 1. The molecule has 1 aromatic carbocycles. The number of carbonyl (C=O) groups is 2. The van der Waals surface area contributed by atoms with Gasteiger partial charge in [-0.1, -0.05) is 18.2 Å². The van der Waals surface area contributed by atoms with Gasteiger partial charge in [0, 0.05) is 18.7 Å². The van der Waals surface area contributed by atoms with Crippen LogP contribution in [-0.2, 0) is 6.54 Å². The van der Waals surface area contributed by atoms with Crippen LogP contribution in [0.2, 0.25) is 0 Å². The Balaban J connectivity index is 1.31. The molecule has 2 N–H and O–H groups in total. The van der Waals surface area contributed by atoms with Gasteiger partial charge in [-0.15, -0.1) is 11.3 Å². The number of amides is 2. The van der Waals surface area contributed by atoms with Crippen LogP contribution in [0.1, 0.15) is 50.2 Å². The van der Waals surface area contributed by atoms with Gasteiger partial charge in [-0.2, -0.15) is 0 Å². The Kier molecular flexibility index (Phi) is 6.61. The first-order valence-corrected chi connectivity index (χ1v) is 11.0. The highest BCUT2D eigenvalue weighted by Crippen LogP contribution is 2.25. The lowest BCUT2D eigenvalue weighted by Crippen LogP contribution is -2.36. The molecule has 1 aliphatic heterocycles. The summed E-state index contributed by atoms with van der Waals surface area (Å²) in [6.45, 7) is 2.97. The molecule has 0 bridgehead atoms. The normalized spacial score (nSPS) is 15.1. The fourth-order valence-corrected chi connectivity index (χ4v) is 4.33. The maximum atomic E-state index is 12.6. The lowest BCUT2D eigenvalue weighted by molar-refractivity contribution is 0.0930. The highest BCUT2D eigenvalue weighted by molar-refractivity contribution is 7.12. The second kappa shape index (κ2) is 9.73. The number of rotatable bonds is 8. The molecule has 1 saturated heterocycles. The Morgan fingerprint density at radius 1 is 1.00 bits per heavy atom.